The Morgan fingerprint density at radius 2 is 1.71 bits per heavy atom. The molecule has 4 aliphatic carbocycles. The molecule has 1 heteroatoms. The lowest BCUT2D eigenvalue weighted by Crippen LogP contribution is -2.48. The molecule has 0 amide bonds. The summed E-state index contributed by atoms with van der Waals surface area (Å²) in [5.74, 6) is 6.24. The van der Waals surface area contributed by atoms with Crippen LogP contribution in [0.1, 0.15) is 71.1 Å². The van der Waals surface area contributed by atoms with Crippen LogP contribution in [0.15, 0.2) is 10.2 Å². The van der Waals surface area contributed by atoms with Gasteiger partial charge < -0.3 is 0 Å². The van der Waals surface area contributed by atoms with Gasteiger partial charge in [0.1, 0.15) is 0 Å². The first-order valence-electron chi connectivity index (χ1n) is 9.45. The van der Waals surface area contributed by atoms with Crippen molar-refractivity contribution in [3.05, 3.63) is 10.2 Å². The molecule has 0 spiro atoms. The van der Waals surface area contributed by atoms with Gasteiger partial charge in [-0.1, -0.05) is 32.8 Å². The summed E-state index contributed by atoms with van der Waals surface area (Å²) >= 11 is 2.53. The zero-order chi connectivity index (χ0) is 14.6. The van der Waals surface area contributed by atoms with Gasteiger partial charge >= 0.3 is 0 Å². The van der Waals surface area contributed by atoms with Gasteiger partial charge in [0, 0.05) is 0 Å². The summed E-state index contributed by atoms with van der Waals surface area (Å²) < 4.78 is 1.45. The number of rotatable bonds is 1. The Hall–Kier alpha value is 0.470. The average molecular weight is 398 g/mol. The Bertz CT molecular complexity index is 428. The van der Waals surface area contributed by atoms with Crippen LogP contribution in [0.3, 0.4) is 0 Å². The van der Waals surface area contributed by atoms with Crippen molar-refractivity contribution >= 4 is 22.6 Å². The van der Waals surface area contributed by atoms with Gasteiger partial charge in [0.25, 0.3) is 0 Å². The molecule has 4 fully saturated rings. The summed E-state index contributed by atoms with van der Waals surface area (Å²) in [6, 6.07) is 0. The van der Waals surface area contributed by atoms with Gasteiger partial charge in [0.2, 0.25) is 0 Å². The van der Waals surface area contributed by atoms with E-state index < -0.39 is 0 Å². The molecule has 1 unspecified atom stereocenters. The average Bonchev–Trinajstić information content (AvgIpc) is 2.84. The Balaban J connectivity index is 1.59. The van der Waals surface area contributed by atoms with Crippen molar-refractivity contribution in [2.45, 2.75) is 71.1 Å². The van der Waals surface area contributed by atoms with Crippen LogP contribution in [0.5, 0.6) is 0 Å². The molecular weight excluding hydrogens is 367 g/mol. The normalized spacial score (nSPS) is 52.7. The fourth-order valence-electron chi connectivity index (χ4n) is 7.34. The van der Waals surface area contributed by atoms with Gasteiger partial charge in [0.15, 0.2) is 0 Å². The van der Waals surface area contributed by atoms with E-state index in [4.69, 9.17) is 0 Å². The Kier molecular flexibility index (Phi) is 3.95. The maximum absolute atomic E-state index is 4.33. The van der Waals surface area contributed by atoms with Crippen LogP contribution < -0.4 is 0 Å². The van der Waals surface area contributed by atoms with Gasteiger partial charge in [-0.3, -0.25) is 0 Å². The third-order valence-corrected chi connectivity index (χ3v) is 9.01. The predicted molar refractivity (Wildman–Crippen MR) is 98.4 cm³/mol. The molecule has 0 bridgehead atoms. The highest BCUT2D eigenvalue weighted by molar-refractivity contribution is 14.1. The van der Waals surface area contributed by atoms with Crippen LogP contribution in [-0.4, -0.2) is 0 Å². The minimum absolute atomic E-state index is 0.598. The van der Waals surface area contributed by atoms with Crippen molar-refractivity contribution in [2.75, 3.05) is 0 Å². The van der Waals surface area contributed by atoms with Crippen molar-refractivity contribution < 1.29 is 0 Å². The summed E-state index contributed by atoms with van der Waals surface area (Å²) in [5, 5.41) is 0. The molecule has 0 nitrogen and oxygen atoms in total. The molecule has 0 aromatic rings. The first-order valence-corrected chi connectivity index (χ1v) is 10.5. The van der Waals surface area contributed by atoms with E-state index in [1.54, 1.807) is 32.1 Å². The minimum Gasteiger partial charge on any atom is -0.0894 e. The molecule has 21 heavy (non-hydrogen) atoms. The van der Waals surface area contributed by atoms with E-state index in [0.717, 1.165) is 35.5 Å². The second kappa shape index (κ2) is 5.53. The maximum Gasteiger partial charge on any atom is -0.00529 e. The smallest absolute Gasteiger partial charge is 0.00529 e. The van der Waals surface area contributed by atoms with Crippen LogP contribution in [0.25, 0.3) is 0 Å². The van der Waals surface area contributed by atoms with E-state index in [-0.39, 0.29) is 0 Å². The summed E-state index contributed by atoms with van der Waals surface area (Å²) in [4.78, 5) is 0. The van der Waals surface area contributed by atoms with E-state index >= 15 is 0 Å². The predicted octanol–water partition coefficient (Wildman–Crippen LogP) is 6.59. The number of hydrogen-bond acceptors (Lipinski definition) is 0. The molecular formula is C20H31I. The molecule has 0 aromatic heterocycles. The molecule has 0 saturated heterocycles. The highest BCUT2D eigenvalue weighted by Crippen LogP contribution is 2.65. The lowest BCUT2D eigenvalue weighted by Gasteiger charge is -2.55. The molecule has 4 aliphatic rings. The zero-order valence-corrected chi connectivity index (χ0v) is 15.8. The van der Waals surface area contributed by atoms with E-state index in [2.05, 4.69) is 36.1 Å². The monoisotopic (exact) mass is 398 g/mol. The van der Waals surface area contributed by atoms with Crippen LogP contribution >= 0.6 is 22.6 Å². The first kappa shape index (κ1) is 15.0. The fourth-order valence-corrected chi connectivity index (χ4v) is 8.37. The molecule has 0 heterocycles. The van der Waals surface area contributed by atoms with Crippen molar-refractivity contribution in [1.82, 2.24) is 0 Å². The lowest BCUT2D eigenvalue weighted by atomic mass is 9.50. The Morgan fingerprint density at radius 1 is 0.905 bits per heavy atom. The molecule has 0 aliphatic heterocycles. The SMILES string of the molecule is C=C(I)[C@@H]1CC[C@H]2[C@@H]3CCC4CCCC[C@@H]4[C@H]3CC[C@]12C. The molecule has 7 atom stereocenters. The summed E-state index contributed by atoms with van der Waals surface area (Å²) in [7, 11) is 0. The quantitative estimate of drug-likeness (QED) is 0.437. The Morgan fingerprint density at radius 3 is 2.52 bits per heavy atom. The number of fused-ring (bicyclic) bond motifs is 5. The van der Waals surface area contributed by atoms with Gasteiger partial charge in [-0.15, -0.1) is 0 Å². The minimum atomic E-state index is 0.598. The molecule has 118 valence electrons. The highest BCUT2D eigenvalue weighted by atomic mass is 127. The lowest BCUT2D eigenvalue weighted by molar-refractivity contribution is -0.0571. The van der Waals surface area contributed by atoms with Gasteiger partial charge in [-0.05, 0) is 112 Å². The Labute approximate surface area is 144 Å². The highest BCUT2D eigenvalue weighted by Gasteiger charge is 2.56. The number of halogens is 1. The second-order valence-electron chi connectivity index (χ2n) is 8.84. The van der Waals surface area contributed by atoms with E-state index in [0.29, 0.717) is 5.41 Å². The van der Waals surface area contributed by atoms with Crippen LogP contribution in [0.4, 0.5) is 0 Å². The van der Waals surface area contributed by atoms with Crippen LogP contribution in [0.2, 0.25) is 0 Å². The van der Waals surface area contributed by atoms with Gasteiger partial charge in [0.05, 0.1) is 0 Å². The van der Waals surface area contributed by atoms with E-state index in [9.17, 15) is 0 Å². The summed E-state index contributed by atoms with van der Waals surface area (Å²) in [6.07, 6.45) is 15.3. The van der Waals surface area contributed by atoms with Crippen LogP contribution in [0, 0.1) is 40.9 Å². The topological polar surface area (TPSA) is 0 Å². The fraction of sp³-hybridized carbons (Fsp3) is 0.900. The van der Waals surface area contributed by atoms with Gasteiger partial charge in [-0.25, -0.2) is 0 Å². The van der Waals surface area contributed by atoms with Crippen LogP contribution in [-0.2, 0) is 0 Å². The van der Waals surface area contributed by atoms with Crippen molar-refractivity contribution in [3.63, 3.8) is 0 Å². The summed E-state index contributed by atoms with van der Waals surface area (Å²) in [6.45, 7) is 6.96. The second-order valence-corrected chi connectivity index (χ2v) is 10.2. The van der Waals surface area contributed by atoms with Gasteiger partial charge in [-0.2, -0.15) is 0 Å². The molecule has 4 saturated carbocycles. The van der Waals surface area contributed by atoms with Crippen molar-refractivity contribution in [3.8, 4) is 0 Å². The summed E-state index contributed by atoms with van der Waals surface area (Å²) in [5.41, 5.74) is 0.598. The van der Waals surface area contributed by atoms with E-state index in [1.165, 1.54) is 35.7 Å². The molecule has 4 rings (SSSR count). The first-order chi connectivity index (χ1) is 10.1. The molecule has 0 aromatic carbocycles. The number of allylic oxidation sites excluding steroid dienone is 1. The largest absolute Gasteiger partial charge is 0.0894 e. The van der Waals surface area contributed by atoms with Crippen molar-refractivity contribution in [2.24, 2.45) is 40.9 Å². The number of hydrogen-bond donors (Lipinski definition) is 0. The zero-order valence-electron chi connectivity index (χ0n) is 13.6. The maximum atomic E-state index is 4.33. The third kappa shape index (κ3) is 2.27. The molecule has 0 N–H and O–H groups in total. The molecule has 0 radical (unpaired) electrons. The van der Waals surface area contributed by atoms with E-state index in [1.807, 2.05) is 0 Å². The standard InChI is InChI=1S/C20H31I/c1-13(21)18-9-10-19-17-8-7-14-5-3-4-6-15(14)16(17)11-12-20(18,19)2/h14-19H,1,3-12H2,2H3/t14?,15-,16+,17+,18-,19-,20+/m0/s1. The third-order valence-electron chi connectivity index (χ3n) is 8.26. The van der Waals surface area contributed by atoms with Crippen molar-refractivity contribution in [1.29, 1.82) is 0 Å².